The fourth-order valence-electron chi connectivity index (χ4n) is 3.33. The average Bonchev–Trinajstić information content (AvgIpc) is 2.97. The first-order valence-corrected chi connectivity index (χ1v) is 10.7. The normalized spacial score (nSPS) is 19.0. The number of aryl methyl sites for hydroxylation is 1. The molecular formula is C17H23ClN4O3S. The number of fused-ring (bicyclic) bond motifs is 1. The summed E-state index contributed by atoms with van der Waals surface area (Å²) in [5.41, 5.74) is 1.61. The van der Waals surface area contributed by atoms with Gasteiger partial charge in [-0.3, -0.25) is 4.79 Å². The summed E-state index contributed by atoms with van der Waals surface area (Å²) in [7, 11) is -1.40. The number of amides is 1. The lowest BCUT2D eigenvalue weighted by atomic mass is 9.99. The molecule has 7 nitrogen and oxygen atoms in total. The second-order valence-electron chi connectivity index (χ2n) is 6.51. The number of aromatic nitrogens is 2. The first kappa shape index (κ1) is 19.1. The molecule has 1 aliphatic rings. The van der Waals surface area contributed by atoms with Gasteiger partial charge in [0.25, 0.3) is 0 Å². The molecule has 0 aliphatic carbocycles. The van der Waals surface area contributed by atoms with E-state index in [2.05, 4.69) is 10.3 Å². The molecule has 26 heavy (non-hydrogen) atoms. The second kappa shape index (κ2) is 7.54. The van der Waals surface area contributed by atoms with Crippen LogP contribution in [0.1, 0.15) is 25.6 Å². The fraction of sp³-hybridized carbons (Fsp3) is 0.529. The zero-order valence-corrected chi connectivity index (χ0v) is 16.5. The number of hydrogen-bond donors (Lipinski definition) is 1. The molecule has 2 heterocycles. The van der Waals surface area contributed by atoms with Gasteiger partial charge in [0.05, 0.1) is 34.3 Å². The summed E-state index contributed by atoms with van der Waals surface area (Å²) in [4.78, 5) is 17.0. The van der Waals surface area contributed by atoms with Gasteiger partial charge in [0.1, 0.15) is 5.82 Å². The van der Waals surface area contributed by atoms with Crippen molar-refractivity contribution in [2.45, 2.75) is 26.3 Å². The summed E-state index contributed by atoms with van der Waals surface area (Å²) < 4.78 is 27.4. The van der Waals surface area contributed by atoms with Gasteiger partial charge in [-0.2, -0.15) is 0 Å². The second-order valence-corrected chi connectivity index (χ2v) is 9.17. The smallest absolute Gasteiger partial charge is 0.224 e. The quantitative estimate of drug-likeness (QED) is 0.833. The summed E-state index contributed by atoms with van der Waals surface area (Å²) in [6, 6.07) is 5.52. The monoisotopic (exact) mass is 398 g/mol. The first-order valence-electron chi connectivity index (χ1n) is 8.69. The van der Waals surface area contributed by atoms with E-state index >= 15 is 0 Å². The van der Waals surface area contributed by atoms with Crippen molar-refractivity contribution in [2.75, 3.05) is 18.8 Å². The number of rotatable bonds is 5. The van der Waals surface area contributed by atoms with E-state index in [1.807, 2.05) is 23.7 Å². The zero-order chi connectivity index (χ0) is 18.9. The maximum Gasteiger partial charge on any atom is 0.224 e. The lowest BCUT2D eigenvalue weighted by Gasteiger charge is -2.30. The summed E-state index contributed by atoms with van der Waals surface area (Å²) in [5, 5.41) is 3.51. The van der Waals surface area contributed by atoms with Gasteiger partial charge in [-0.15, -0.1) is 0 Å². The SMILES string of the molecule is CCS(=O)(=O)N1CCCC(C(=O)NCc2nc3cccc(Cl)c3n2C)C1. The molecule has 0 spiro atoms. The van der Waals surface area contributed by atoms with Crippen molar-refractivity contribution in [3.63, 3.8) is 0 Å². The third kappa shape index (κ3) is 3.72. The summed E-state index contributed by atoms with van der Waals surface area (Å²) in [6.45, 7) is 2.63. The van der Waals surface area contributed by atoms with Gasteiger partial charge in [-0.25, -0.2) is 17.7 Å². The molecule has 1 aromatic heterocycles. The van der Waals surface area contributed by atoms with Crippen LogP contribution in [0.3, 0.4) is 0 Å². The highest BCUT2D eigenvalue weighted by atomic mass is 35.5. The lowest BCUT2D eigenvalue weighted by molar-refractivity contribution is -0.126. The Morgan fingerprint density at radius 2 is 2.19 bits per heavy atom. The molecule has 0 radical (unpaired) electrons. The van der Waals surface area contributed by atoms with E-state index < -0.39 is 10.0 Å². The minimum absolute atomic E-state index is 0.0575. The van der Waals surface area contributed by atoms with Crippen molar-refractivity contribution < 1.29 is 13.2 Å². The predicted molar refractivity (Wildman–Crippen MR) is 101 cm³/mol. The number of carbonyl (C=O) groups excluding carboxylic acids is 1. The molecule has 1 unspecified atom stereocenters. The molecule has 142 valence electrons. The number of piperidine rings is 1. The zero-order valence-electron chi connectivity index (χ0n) is 14.9. The Balaban J connectivity index is 1.67. The number of sulfonamides is 1. The summed E-state index contributed by atoms with van der Waals surface area (Å²) in [5.74, 6) is 0.292. The molecule has 3 rings (SSSR count). The van der Waals surface area contributed by atoms with Crippen LogP contribution in [0.5, 0.6) is 0 Å². The summed E-state index contributed by atoms with van der Waals surface area (Å²) >= 11 is 6.22. The van der Waals surface area contributed by atoms with Crippen LogP contribution >= 0.6 is 11.6 Å². The molecule has 1 aliphatic heterocycles. The van der Waals surface area contributed by atoms with Gasteiger partial charge >= 0.3 is 0 Å². The third-order valence-electron chi connectivity index (χ3n) is 4.87. The number of para-hydroxylation sites is 1. The molecule has 1 fully saturated rings. The van der Waals surface area contributed by atoms with E-state index in [0.717, 1.165) is 11.0 Å². The van der Waals surface area contributed by atoms with Crippen molar-refractivity contribution in [3.05, 3.63) is 29.0 Å². The van der Waals surface area contributed by atoms with Crippen molar-refractivity contribution in [1.82, 2.24) is 19.2 Å². The standard InChI is InChI=1S/C17H23ClN4O3S/c1-3-26(24,25)22-9-5-6-12(11-22)17(23)19-10-15-20-14-8-4-7-13(18)16(14)21(15)2/h4,7-8,12H,3,5-6,9-11H2,1-2H3,(H,19,23). The maximum atomic E-state index is 12.5. The average molecular weight is 399 g/mol. The lowest BCUT2D eigenvalue weighted by Crippen LogP contribution is -2.45. The van der Waals surface area contributed by atoms with Gasteiger partial charge in [-0.05, 0) is 31.9 Å². The van der Waals surface area contributed by atoms with Crippen molar-refractivity contribution in [1.29, 1.82) is 0 Å². The van der Waals surface area contributed by atoms with Crippen LogP contribution in [-0.2, 0) is 28.4 Å². The van der Waals surface area contributed by atoms with Gasteiger partial charge in [0.15, 0.2) is 0 Å². The number of benzene rings is 1. The van der Waals surface area contributed by atoms with Crippen molar-refractivity contribution >= 4 is 38.6 Å². The first-order chi connectivity index (χ1) is 12.3. The third-order valence-corrected chi connectivity index (χ3v) is 7.02. The largest absolute Gasteiger partial charge is 0.349 e. The van der Waals surface area contributed by atoms with Gasteiger partial charge in [0.2, 0.25) is 15.9 Å². The Morgan fingerprint density at radius 1 is 1.42 bits per heavy atom. The molecule has 1 atom stereocenters. The molecule has 9 heteroatoms. The number of halogens is 1. The number of carbonyl (C=O) groups is 1. The van der Waals surface area contributed by atoms with E-state index in [-0.39, 0.29) is 30.7 Å². The molecule has 1 amide bonds. The van der Waals surface area contributed by atoms with Crippen LogP contribution in [0, 0.1) is 5.92 Å². The van der Waals surface area contributed by atoms with Crippen molar-refractivity contribution in [2.24, 2.45) is 13.0 Å². The van der Waals surface area contributed by atoms with Gasteiger partial charge in [0, 0.05) is 20.1 Å². The molecule has 1 aromatic carbocycles. The highest BCUT2D eigenvalue weighted by Gasteiger charge is 2.31. The number of nitrogens with zero attached hydrogens (tertiary/aromatic N) is 3. The van der Waals surface area contributed by atoms with Crippen LogP contribution in [0.25, 0.3) is 11.0 Å². The molecule has 1 N–H and O–H groups in total. The topological polar surface area (TPSA) is 84.3 Å². The number of nitrogens with one attached hydrogen (secondary N) is 1. The predicted octanol–water partition coefficient (Wildman–Crippen LogP) is 1.90. The van der Waals surface area contributed by atoms with E-state index in [4.69, 9.17) is 11.6 Å². The van der Waals surface area contributed by atoms with Crippen LogP contribution < -0.4 is 5.32 Å². The molecule has 1 saturated heterocycles. The minimum Gasteiger partial charge on any atom is -0.349 e. The van der Waals surface area contributed by atoms with Crippen LogP contribution in [-0.4, -0.2) is 47.0 Å². The Kier molecular flexibility index (Phi) is 5.55. The van der Waals surface area contributed by atoms with Gasteiger partial charge in [-0.1, -0.05) is 17.7 Å². The summed E-state index contributed by atoms with van der Waals surface area (Å²) in [6.07, 6.45) is 1.38. The van der Waals surface area contributed by atoms with E-state index in [9.17, 15) is 13.2 Å². The highest BCUT2D eigenvalue weighted by Crippen LogP contribution is 2.24. The Morgan fingerprint density at radius 3 is 2.88 bits per heavy atom. The fourth-order valence-corrected chi connectivity index (χ4v) is 4.81. The van der Waals surface area contributed by atoms with Gasteiger partial charge < -0.3 is 9.88 Å². The Bertz CT molecular complexity index is 925. The Hall–Kier alpha value is -1.64. The van der Waals surface area contributed by atoms with E-state index in [1.165, 1.54) is 4.31 Å². The van der Waals surface area contributed by atoms with Crippen LogP contribution in [0.4, 0.5) is 0 Å². The molecule has 0 bridgehead atoms. The molecular weight excluding hydrogens is 376 g/mol. The van der Waals surface area contributed by atoms with Crippen LogP contribution in [0.15, 0.2) is 18.2 Å². The molecule has 2 aromatic rings. The maximum absolute atomic E-state index is 12.5. The minimum atomic E-state index is -3.26. The molecule has 0 saturated carbocycles. The van der Waals surface area contributed by atoms with Crippen LogP contribution in [0.2, 0.25) is 5.02 Å². The van der Waals surface area contributed by atoms with E-state index in [1.54, 1.807) is 13.0 Å². The number of hydrogen-bond acceptors (Lipinski definition) is 4. The number of imidazole rings is 1. The van der Waals surface area contributed by atoms with Crippen molar-refractivity contribution in [3.8, 4) is 0 Å². The highest BCUT2D eigenvalue weighted by molar-refractivity contribution is 7.89. The Labute approximate surface area is 158 Å². The van der Waals surface area contributed by atoms with E-state index in [0.29, 0.717) is 30.2 Å².